The van der Waals surface area contributed by atoms with Crippen molar-refractivity contribution in [3.63, 3.8) is 0 Å². The average Bonchev–Trinajstić information content (AvgIpc) is 2.46. The smallest absolute Gasteiger partial charge is 0.338 e. The molecule has 0 saturated heterocycles. The maximum absolute atomic E-state index is 11.8. The maximum atomic E-state index is 11.8. The van der Waals surface area contributed by atoms with Gasteiger partial charge >= 0.3 is 12.0 Å². The van der Waals surface area contributed by atoms with Crippen LogP contribution in [0.5, 0.6) is 0 Å². The predicted octanol–water partition coefficient (Wildman–Crippen LogP) is 1.25. The predicted molar refractivity (Wildman–Crippen MR) is 73.3 cm³/mol. The van der Waals surface area contributed by atoms with Crippen LogP contribution >= 0.6 is 0 Å². The molecule has 0 radical (unpaired) electrons. The Morgan fingerprint density at radius 2 is 1.80 bits per heavy atom. The number of urea groups is 1. The van der Waals surface area contributed by atoms with Crippen LogP contribution in [0.3, 0.4) is 0 Å². The van der Waals surface area contributed by atoms with Gasteiger partial charge in [-0.1, -0.05) is 19.1 Å². The van der Waals surface area contributed by atoms with Gasteiger partial charge in [0.25, 0.3) is 5.91 Å². The van der Waals surface area contributed by atoms with Crippen LogP contribution in [0.2, 0.25) is 0 Å². The molecule has 3 amide bonds. The lowest BCUT2D eigenvalue weighted by Crippen LogP contribution is -2.43. The number of carbonyl (C=O) groups excluding carboxylic acids is 3. The van der Waals surface area contributed by atoms with Gasteiger partial charge in [0.1, 0.15) is 0 Å². The fraction of sp³-hybridized carbons (Fsp3) is 0.357. The highest BCUT2D eigenvalue weighted by Gasteiger charge is 2.20. The van der Waals surface area contributed by atoms with Gasteiger partial charge < -0.3 is 10.1 Å². The third kappa shape index (κ3) is 4.38. The van der Waals surface area contributed by atoms with Crippen LogP contribution in [0.4, 0.5) is 4.79 Å². The molecule has 20 heavy (non-hydrogen) atoms. The first-order valence-corrected chi connectivity index (χ1v) is 6.30. The Balaban J connectivity index is 2.60. The molecular weight excluding hydrogens is 260 g/mol. The summed E-state index contributed by atoms with van der Waals surface area (Å²) in [6, 6.07) is 6.29. The summed E-state index contributed by atoms with van der Waals surface area (Å²) in [4.78, 5) is 34.3. The topological polar surface area (TPSA) is 84.5 Å². The quantitative estimate of drug-likeness (QED) is 0.812. The number of ether oxygens (including phenoxy) is 1. The number of hydrogen-bond acceptors (Lipinski definition) is 4. The van der Waals surface area contributed by atoms with Crippen molar-refractivity contribution in [2.75, 3.05) is 7.05 Å². The van der Waals surface area contributed by atoms with Crippen LogP contribution in [-0.4, -0.2) is 31.1 Å². The number of imide groups is 1. The largest absolute Gasteiger partial charge is 0.449 e. The zero-order valence-electron chi connectivity index (χ0n) is 11.7. The number of rotatable bonds is 4. The SMILES string of the molecule is CCc1ccc(C(=O)O[C@@H](C)C(=O)NC(=O)NC)cc1. The lowest BCUT2D eigenvalue weighted by Gasteiger charge is -2.12. The summed E-state index contributed by atoms with van der Waals surface area (Å²) in [6.45, 7) is 3.41. The minimum atomic E-state index is -1.05. The molecule has 6 heteroatoms. The number of hydrogen-bond donors (Lipinski definition) is 2. The lowest BCUT2D eigenvalue weighted by molar-refractivity contribution is -0.127. The molecular formula is C14H18N2O4. The summed E-state index contributed by atoms with van der Waals surface area (Å²) in [5.74, 6) is -1.28. The summed E-state index contributed by atoms with van der Waals surface area (Å²) in [5, 5.41) is 4.28. The second kappa shape index (κ2) is 7.28. The average molecular weight is 278 g/mol. The number of nitrogens with one attached hydrogen (secondary N) is 2. The normalized spacial score (nSPS) is 11.3. The fourth-order valence-corrected chi connectivity index (χ4v) is 1.43. The van der Waals surface area contributed by atoms with E-state index in [0.29, 0.717) is 5.56 Å². The van der Waals surface area contributed by atoms with Gasteiger partial charge in [-0.25, -0.2) is 9.59 Å². The second-order valence-electron chi connectivity index (χ2n) is 4.17. The minimum Gasteiger partial charge on any atom is -0.449 e. The van der Waals surface area contributed by atoms with Gasteiger partial charge in [-0.05, 0) is 31.0 Å². The highest BCUT2D eigenvalue weighted by atomic mass is 16.5. The van der Waals surface area contributed by atoms with E-state index >= 15 is 0 Å². The van der Waals surface area contributed by atoms with Crippen molar-refractivity contribution in [3.05, 3.63) is 35.4 Å². The molecule has 0 fully saturated rings. The van der Waals surface area contributed by atoms with Gasteiger partial charge in [0.15, 0.2) is 6.10 Å². The van der Waals surface area contributed by atoms with Crippen LogP contribution in [0.25, 0.3) is 0 Å². The van der Waals surface area contributed by atoms with E-state index in [1.165, 1.54) is 14.0 Å². The number of esters is 1. The van der Waals surface area contributed by atoms with E-state index in [1.54, 1.807) is 12.1 Å². The van der Waals surface area contributed by atoms with Gasteiger partial charge in [0.05, 0.1) is 5.56 Å². The highest BCUT2D eigenvalue weighted by molar-refractivity contribution is 5.98. The van der Waals surface area contributed by atoms with Crippen LogP contribution in [0.1, 0.15) is 29.8 Å². The standard InChI is InChI=1S/C14H18N2O4/c1-4-10-5-7-11(8-6-10)13(18)20-9(2)12(17)16-14(19)15-3/h5-9H,4H2,1-3H3,(H2,15,16,17,19)/t9-/m0/s1. The summed E-state index contributed by atoms with van der Waals surface area (Å²) in [5.41, 5.74) is 1.47. The first-order valence-electron chi connectivity index (χ1n) is 6.30. The first kappa shape index (κ1) is 15.7. The van der Waals surface area contributed by atoms with E-state index in [9.17, 15) is 14.4 Å². The van der Waals surface area contributed by atoms with E-state index in [-0.39, 0.29) is 0 Å². The van der Waals surface area contributed by atoms with Crippen LogP contribution < -0.4 is 10.6 Å². The highest BCUT2D eigenvalue weighted by Crippen LogP contribution is 2.08. The Hall–Kier alpha value is -2.37. The monoisotopic (exact) mass is 278 g/mol. The summed E-state index contributed by atoms with van der Waals surface area (Å²) in [7, 11) is 1.38. The van der Waals surface area contributed by atoms with Gasteiger partial charge in [0.2, 0.25) is 0 Å². The van der Waals surface area contributed by atoms with Crippen LogP contribution in [0.15, 0.2) is 24.3 Å². The van der Waals surface area contributed by atoms with Crippen molar-refractivity contribution in [1.29, 1.82) is 0 Å². The second-order valence-corrected chi connectivity index (χ2v) is 4.17. The number of carbonyl (C=O) groups is 3. The van der Waals surface area contributed by atoms with Gasteiger partial charge in [-0.15, -0.1) is 0 Å². The molecule has 0 aliphatic rings. The van der Waals surface area contributed by atoms with Gasteiger partial charge in [-0.2, -0.15) is 0 Å². The van der Waals surface area contributed by atoms with E-state index in [0.717, 1.165) is 12.0 Å². The van der Waals surface area contributed by atoms with E-state index in [2.05, 4.69) is 5.32 Å². The van der Waals surface area contributed by atoms with E-state index in [1.807, 2.05) is 24.4 Å². The van der Waals surface area contributed by atoms with E-state index < -0.39 is 24.0 Å². The Morgan fingerprint density at radius 3 is 2.30 bits per heavy atom. The first-order chi connectivity index (χ1) is 9.47. The molecule has 0 aliphatic heterocycles. The number of aryl methyl sites for hydroxylation is 1. The summed E-state index contributed by atoms with van der Waals surface area (Å²) in [6.07, 6.45) is -0.175. The molecule has 6 nitrogen and oxygen atoms in total. The maximum Gasteiger partial charge on any atom is 0.338 e. The Labute approximate surface area is 117 Å². The molecule has 2 N–H and O–H groups in total. The molecule has 0 aromatic heterocycles. The Morgan fingerprint density at radius 1 is 1.20 bits per heavy atom. The Bertz CT molecular complexity index is 496. The van der Waals surface area contributed by atoms with Gasteiger partial charge in [-0.3, -0.25) is 10.1 Å². The molecule has 1 rings (SSSR count). The molecule has 0 unspecified atom stereocenters. The number of amides is 3. The van der Waals surface area contributed by atoms with E-state index in [4.69, 9.17) is 4.74 Å². The zero-order valence-corrected chi connectivity index (χ0v) is 11.7. The molecule has 0 heterocycles. The summed E-state index contributed by atoms with van der Waals surface area (Å²) >= 11 is 0. The molecule has 1 atom stereocenters. The molecule has 0 bridgehead atoms. The fourth-order valence-electron chi connectivity index (χ4n) is 1.43. The van der Waals surface area contributed by atoms with Crippen LogP contribution in [-0.2, 0) is 16.0 Å². The minimum absolute atomic E-state index is 0.363. The Kier molecular flexibility index (Phi) is 5.71. The van der Waals surface area contributed by atoms with Crippen molar-refractivity contribution in [2.24, 2.45) is 0 Å². The molecule has 1 aromatic carbocycles. The molecule has 0 aliphatic carbocycles. The number of benzene rings is 1. The molecule has 108 valence electrons. The molecule has 0 saturated carbocycles. The molecule has 1 aromatic rings. The van der Waals surface area contributed by atoms with Crippen molar-refractivity contribution in [2.45, 2.75) is 26.4 Å². The zero-order chi connectivity index (χ0) is 15.1. The van der Waals surface area contributed by atoms with Crippen LogP contribution in [0, 0.1) is 0 Å². The van der Waals surface area contributed by atoms with Crippen molar-refractivity contribution >= 4 is 17.9 Å². The van der Waals surface area contributed by atoms with Gasteiger partial charge in [0, 0.05) is 7.05 Å². The third-order valence-electron chi connectivity index (χ3n) is 2.71. The lowest BCUT2D eigenvalue weighted by atomic mass is 10.1. The van der Waals surface area contributed by atoms with Crippen molar-refractivity contribution in [1.82, 2.24) is 10.6 Å². The summed E-state index contributed by atoms with van der Waals surface area (Å²) < 4.78 is 4.99. The third-order valence-corrected chi connectivity index (χ3v) is 2.71. The molecule has 0 spiro atoms. The van der Waals surface area contributed by atoms with Crippen molar-refractivity contribution < 1.29 is 19.1 Å². The van der Waals surface area contributed by atoms with Crippen molar-refractivity contribution in [3.8, 4) is 0 Å².